The number of nitrogens with zero attached hydrogens (tertiary/aromatic N) is 2. The molecule has 0 aliphatic heterocycles. The number of unbranched alkanes of at least 4 members (excludes halogenated alkanes) is 1. The standard InChI is InChI=1S/C11H13N3O2/c1-2-3-6-16-11(15)14-9-4-5-13-10(7-9)8-12/h4-5,7H,2-3,6H2,1H3,(H,13,14,15). The third-order valence-corrected chi connectivity index (χ3v) is 1.85. The largest absolute Gasteiger partial charge is 0.449 e. The van der Waals surface area contributed by atoms with E-state index in [1.54, 1.807) is 6.07 Å². The van der Waals surface area contributed by atoms with E-state index in [-0.39, 0.29) is 5.69 Å². The number of ether oxygens (including phenoxy) is 1. The molecular weight excluding hydrogens is 206 g/mol. The van der Waals surface area contributed by atoms with E-state index in [1.807, 2.05) is 13.0 Å². The molecule has 0 spiro atoms. The molecule has 1 heterocycles. The zero-order chi connectivity index (χ0) is 11.8. The normalized spacial score (nSPS) is 9.25. The summed E-state index contributed by atoms with van der Waals surface area (Å²) < 4.78 is 4.91. The highest BCUT2D eigenvalue weighted by atomic mass is 16.5. The van der Waals surface area contributed by atoms with Crippen molar-refractivity contribution in [1.29, 1.82) is 5.26 Å². The molecule has 0 radical (unpaired) electrons. The van der Waals surface area contributed by atoms with Gasteiger partial charge in [0.1, 0.15) is 11.8 Å². The van der Waals surface area contributed by atoms with Gasteiger partial charge in [-0.05, 0) is 18.6 Å². The molecule has 16 heavy (non-hydrogen) atoms. The van der Waals surface area contributed by atoms with Gasteiger partial charge in [-0.3, -0.25) is 5.32 Å². The minimum Gasteiger partial charge on any atom is -0.449 e. The van der Waals surface area contributed by atoms with Crippen LogP contribution in [-0.2, 0) is 4.74 Å². The Morgan fingerprint density at radius 1 is 1.69 bits per heavy atom. The molecule has 1 amide bonds. The molecule has 1 N–H and O–H groups in total. The molecule has 0 aliphatic rings. The molecule has 0 saturated carbocycles. The maximum absolute atomic E-state index is 11.3. The fourth-order valence-corrected chi connectivity index (χ4v) is 1.03. The van der Waals surface area contributed by atoms with Crippen LogP contribution in [-0.4, -0.2) is 17.7 Å². The molecule has 1 aromatic rings. The Labute approximate surface area is 94.1 Å². The van der Waals surface area contributed by atoms with Crippen LogP contribution in [0.1, 0.15) is 25.5 Å². The third-order valence-electron chi connectivity index (χ3n) is 1.85. The highest BCUT2D eigenvalue weighted by Gasteiger charge is 2.03. The smallest absolute Gasteiger partial charge is 0.411 e. The minimum atomic E-state index is -0.511. The zero-order valence-corrected chi connectivity index (χ0v) is 9.06. The number of pyridine rings is 1. The van der Waals surface area contributed by atoms with Gasteiger partial charge in [-0.2, -0.15) is 5.26 Å². The highest BCUT2D eigenvalue weighted by Crippen LogP contribution is 2.07. The number of aromatic nitrogens is 1. The first kappa shape index (κ1) is 12.0. The third kappa shape index (κ3) is 3.96. The van der Waals surface area contributed by atoms with Gasteiger partial charge >= 0.3 is 6.09 Å². The quantitative estimate of drug-likeness (QED) is 0.788. The fraction of sp³-hybridized carbons (Fsp3) is 0.364. The van der Waals surface area contributed by atoms with Crippen LogP contribution in [0.2, 0.25) is 0 Å². The second-order valence-corrected chi connectivity index (χ2v) is 3.16. The van der Waals surface area contributed by atoms with E-state index in [0.29, 0.717) is 12.3 Å². The molecule has 5 heteroatoms. The van der Waals surface area contributed by atoms with Gasteiger partial charge in [-0.15, -0.1) is 0 Å². The number of carbonyl (C=O) groups is 1. The minimum absolute atomic E-state index is 0.256. The predicted octanol–water partition coefficient (Wildman–Crippen LogP) is 2.30. The van der Waals surface area contributed by atoms with E-state index in [0.717, 1.165) is 12.8 Å². The van der Waals surface area contributed by atoms with Gasteiger partial charge in [0.15, 0.2) is 0 Å². The molecule has 0 atom stereocenters. The molecule has 0 bridgehead atoms. The summed E-state index contributed by atoms with van der Waals surface area (Å²) in [6.45, 7) is 2.42. The lowest BCUT2D eigenvalue weighted by Crippen LogP contribution is -2.14. The van der Waals surface area contributed by atoms with Crippen molar-refractivity contribution in [3.05, 3.63) is 24.0 Å². The number of anilines is 1. The Bertz CT molecular complexity index is 398. The van der Waals surface area contributed by atoms with E-state index in [9.17, 15) is 4.79 Å². The summed E-state index contributed by atoms with van der Waals surface area (Å²) in [7, 11) is 0. The molecule has 1 aromatic heterocycles. The summed E-state index contributed by atoms with van der Waals surface area (Å²) in [5, 5.41) is 11.1. The first-order valence-corrected chi connectivity index (χ1v) is 5.06. The van der Waals surface area contributed by atoms with Crippen molar-refractivity contribution in [2.24, 2.45) is 0 Å². The van der Waals surface area contributed by atoms with Crippen molar-refractivity contribution in [3.63, 3.8) is 0 Å². The molecule has 84 valence electrons. The number of hydrogen-bond donors (Lipinski definition) is 1. The molecular formula is C11H13N3O2. The molecule has 0 aliphatic carbocycles. The second kappa shape index (κ2) is 6.40. The molecule has 0 saturated heterocycles. The van der Waals surface area contributed by atoms with Gasteiger partial charge in [0, 0.05) is 11.9 Å². The second-order valence-electron chi connectivity index (χ2n) is 3.16. The summed E-state index contributed by atoms with van der Waals surface area (Å²) in [5.74, 6) is 0. The Morgan fingerprint density at radius 3 is 3.19 bits per heavy atom. The summed E-state index contributed by atoms with van der Waals surface area (Å²) in [6, 6.07) is 4.98. The Hall–Kier alpha value is -2.09. The van der Waals surface area contributed by atoms with E-state index >= 15 is 0 Å². The highest BCUT2D eigenvalue weighted by molar-refractivity contribution is 5.84. The van der Waals surface area contributed by atoms with Gasteiger partial charge < -0.3 is 4.74 Å². The van der Waals surface area contributed by atoms with Crippen LogP contribution < -0.4 is 5.32 Å². The Kier molecular flexibility index (Phi) is 4.80. The van der Waals surface area contributed by atoms with E-state index in [4.69, 9.17) is 10.00 Å². The zero-order valence-electron chi connectivity index (χ0n) is 9.06. The van der Waals surface area contributed by atoms with E-state index in [1.165, 1.54) is 12.3 Å². The lowest BCUT2D eigenvalue weighted by atomic mass is 10.3. The van der Waals surface area contributed by atoms with Crippen molar-refractivity contribution in [1.82, 2.24) is 4.98 Å². The molecule has 0 unspecified atom stereocenters. The number of hydrogen-bond acceptors (Lipinski definition) is 4. The monoisotopic (exact) mass is 219 g/mol. The van der Waals surface area contributed by atoms with Gasteiger partial charge in [0.2, 0.25) is 0 Å². The van der Waals surface area contributed by atoms with Crippen LogP contribution in [0, 0.1) is 11.3 Å². The summed E-state index contributed by atoms with van der Waals surface area (Å²) in [4.78, 5) is 15.0. The number of nitriles is 1. The number of rotatable bonds is 4. The van der Waals surface area contributed by atoms with Gasteiger partial charge in [0.05, 0.1) is 6.61 Å². The van der Waals surface area contributed by atoms with Crippen LogP contribution in [0.5, 0.6) is 0 Å². The van der Waals surface area contributed by atoms with Crippen LogP contribution >= 0.6 is 0 Å². The van der Waals surface area contributed by atoms with Crippen molar-refractivity contribution in [3.8, 4) is 6.07 Å². The maximum Gasteiger partial charge on any atom is 0.411 e. The van der Waals surface area contributed by atoms with E-state index in [2.05, 4.69) is 10.3 Å². The molecule has 0 fully saturated rings. The van der Waals surface area contributed by atoms with Crippen molar-refractivity contribution < 1.29 is 9.53 Å². The average molecular weight is 219 g/mol. The van der Waals surface area contributed by atoms with Gasteiger partial charge in [0.25, 0.3) is 0 Å². The van der Waals surface area contributed by atoms with Crippen molar-refractivity contribution >= 4 is 11.8 Å². The fourth-order valence-electron chi connectivity index (χ4n) is 1.03. The van der Waals surface area contributed by atoms with Crippen LogP contribution in [0.25, 0.3) is 0 Å². The lowest BCUT2D eigenvalue weighted by molar-refractivity contribution is 0.160. The molecule has 1 rings (SSSR count). The van der Waals surface area contributed by atoms with Crippen molar-refractivity contribution in [2.75, 3.05) is 11.9 Å². The van der Waals surface area contributed by atoms with E-state index < -0.39 is 6.09 Å². The Balaban J connectivity index is 2.47. The maximum atomic E-state index is 11.3. The topological polar surface area (TPSA) is 75.0 Å². The Morgan fingerprint density at radius 2 is 2.50 bits per heavy atom. The number of nitrogens with one attached hydrogen (secondary N) is 1. The molecule has 0 aromatic carbocycles. The molecule has 5 nitrogen and oxygen atoms in total. The lowest BCUT2D eigenvalue weighted by Gasteiger charge is -2.05. The summed E-state index contributed by atoms with van der Waals surface area (Å²) in [6.07, 6.45) is 2.76. The number of amides is 1. The number of carbonyl (C=O) groups excluding carboxylic acids is 1. The van der Waals surface area contributed by atoms with Gasteiger partial charge in [-0.1, -0.05) is 13.3 Å². The van der Waals surface area contributed by atoms with Crippen LogP contribution in [0.15, 0.2) is 18.3 Å². The first-order valence-electron chi connectivity index (χ1n) is 5.06. The van der Waals surface area contributed by atoms with Gasteiger partial charge in [-0.25, -0.2) is 9.78 Å². The first-order chi connectivity index (χ1) is 7.76. The van der Waals surface area contributed by atoms with Crippen LogP contribution in [0.3, 0.4) is 0 Å². The average Bonchev–Trinajstić information content (AvgIpc) is 2.29. The predicted molar refractivity (Wildman–Crippen MR) is 58.8 cm³/mol. The van der Waals surface area contributed by atoms with Crippen molar-refractivity contribution in [2.45, 2.75) is 19.8 Å². The summed E-state index contributed by atoms with van der Waals surface area (Å²) in [5.41, 5.74) is 0.763. The SMILES string of the molecule is CCCCOC(=O)Nc1ccnc(C#N)c1. The van der Waals surface area contributed by atoms with Crippen LogP contribution in [0.4, 0.5) is 10.5 Å². The summed E-state index contributed by atoms with van der Waals surface area (Å²) >= 11 is 0.